The SMILES string of the molecule is CCCC(CCC)N1C(=O)c2c(c3ccc4ccccc4c3c3c2ccc2ccccc23)C1=O. The summed E-state index contributed by atoms with van der Waals surface area (Å²) in [7, 11) is 0. The van der Waals surface area contributed by atoms with Gasteiger partial charge in [0, 0.05) is 6.04 Å². The zero-order chi connectivity index (χ0) is 23.4. The number of amides is 2. The zero-order valence-corrected chi connectivity index (χ0v) is 19.6. The van der Waals surface area contributed by atoms with Gasteiger partial charge in [-0.2, -0.15) is 0 Å². The Kier molecular flexibility index (Phi) is 4.88. The summed E-state index contributed by atoms with van der Waals surface area (Å²) in [6.45, 7) is 4.23. The summed E-state index contributed by atoms with van der Waals surface area (Å²) in [5.41, 5.74) is 1.15. The molecular formula is C31H27NO2. The Hall–Kier alpha value is -3.72. The summed E-state index contributed by atoms with van der Waals surface area (Å²) in [5, 5.41) is 8.38. The van der Waals surface area contributed by atoms with Crippen molar-refractivity contribution in [3.63, 3.8) is 0 Å². The zero-order valence-electron chi connectivity index (χ0n) is 19.6. The van der Waals surface area contributed by atoms with Crippen molar-refractivity contribution < 1.29 is 9.59 Å². The van der Waals surface area contributed by atoms with Crippen molar-refractivity contribution in [2.24, 2.45) is 0 Å². The van der Waals surface area contributed by atoms with Gasteiger partial charge in [-0.15, -0.1) is 0 Å². The number of carbonyl (C=O) groups excluding carboxylic acids is 2. The fraction of sp³-hybridized carbons (Fsp3) is 0.226. The van der Waals surface area contributed by atoms with E-state index in [0.717, 1.165) is 68.8 Å². The first-order valence-electron chi connectivity index (χ1n) is 12.3. The van der Waals surface area contributed by atoms with Gasteiger partial charge in [-0.25, -0.2) is 0 Å². The van der Waals surface area contributed by atoms with Crippen LogP contribution in [0.3, 0.4) is 0 Å². The molecule has 5 aromatic rings. The monoisotopic (exact) mass is 445 g/mol. The summed E-state index contributed by atoms with van der Waals surface area (Å²) < 4.78 is 0. The van der Waals surface area contributed by atoms with Crippen molar-refractivity contribution in [2.45, 2.75) is 45.6 Å². The van der Waals surface area contributed by atoms with Crippen LogP contribution in [-0.4, -0.2) is 22.8 Å². The van der Waals surface area contributed by atoms with Crippen molar-refractivity contribution in [1.82, 2.24) is 4.90 Å². The van der Waals surface area contributed by atoms with Crippen LogP contribution < -0.4 is 0 Å². The molecule has 0 unspecified atom stereocenters. The number of hydrogen-bond donors (Lipinski definition) is 0. The first kappa shape index (κ1) is 20.9. The molecule has 0 aliphatic carbocycles. The molecule has 168 valence electrons. The van der Waals surface area contributed by atoms with E-state index in [-0.39, 0.29) is 17.9 Å². The molecule has 0 N–H and O–H groups in total. The minimum atomic E-state index is -0.137. The molecule has 1 aliphatic heterocycles. The Morgan fingerprint density at radius 2 is 1.03 bits per heavy atom. The first-order valence-corrected chi connectivity index (χ1v) is 12.3. The maximum Gasteiger partial charge on any atom is 0.262 e. The van der Waals surface area contributed by atoms with E-state index in [1.807, 2.05) is 36.4 Å². The second-order valence-corrected chi connectivity index (χ2v) is 9.38. The standard InChI is InChI=1S/C31H27NO2/c1-3-9-21(10-4-2)32-30(33)28-24-17-15-19-11-5-7-13-22(19)26(24)27-23-14-8-6-12-20(23)16-18-25(27)29(28)31(32)34/h5-8,11-18,21H,3-4,9-10H2,1-2H3. The topological polar surface area (TPSA) is 37.4 Å². The van der Waals surface area contributed by atoms with E-state index < -0.39 is 0 Å². The number of nitrogens with zero attached hydrogens (tertiary/aromatic N) is 1. The van der Waals surface area contributed by atoms with Crippen LogP contribution in [0.2, 0.25) is 0 Å². The number of carbonyl (C=O) groups is 2. The van der Waals surface area contributed by atoms with Crippen LogP contribution in [0.1, 0.15) is 60.2 Å². The average molecular weight is 446 g/mol. The van der Waals surface area contributed by atoms with Gasteiger partial charge in [0.2, 0.25) is 0 Å². The molecule has 3 nitrogen and oxygen atoms in total. The van der Waals surface area contributed by atoms with Crippen molar-refractivity contribution in [3.05, 3.63) is 83.9 Å². The molecule has 1 heterocycles. The van der Waals surface area contributed by atoms with Crippen molar-refractivity contribution in [3.8, 4) is 0 Å². The Bertz CT molecular complexity index is 1510. The maximum absolute atomic E-state index is 14.0. The highest BCUT2D eigenvalue weighted by atomic mass is 16.2. The normalized spacial score (nSPS) is 13.8. The summed E-state index contributed by atoms with van der Waals surface area (Å²) >= 11 is 0. The molecule has 0 saturated heterocycles. The predicted molar refractivity (Wildman–Crippen MR) is 141 cm³/mol. The fourth-order valence-corrected chi connectivity index (χ4v) is 5.95. The van der Waals surface area contributed by atoms with Crippen LogP contribution in [-0.2, 0) is 0 Å². The van der Waals surface area contributed by atoms with Crippen LogP contribution in [0.5, 0.6) is 0 Å². The smallest absolute Gasteiger partial charge is 0.262 e. The summed E-state index contributed by atoms with van der Waals surface area (Å²) in [6.07, 6.45) is 3.55. The van der Waals surface area contributed by atoms with Gasteiger partial charge in [0.25, 0.3) is 11.8 Å². The molecule has 0 fully saturated rings. The molecule has 6 rings (SSSR count). The van der Waals surface area contributed by atoms with Crippen LogP contribution in [0.15, 0.2) is 72.8 Å². The number of rotatable bonds is 5. The first-order chi connectivity index (χ1) is 16.7. The Morgan fingerprint density at radius 3 is 1.47 bits per heavy atom. The van der Waals surface area contributed by atoms with Gasteiger partial charge in [0.15, 0.2) is 0 Å². The summed E-state index contributed by atoms with van der Waals surface area (Å²) in [4.78, 5) is 29.5. The van der Waals surface area contributed by atoms with Crippen molar-refractivity contribution >= 4 is 54.9 Å². The van der Waals surface area contributed by atoms with Gasteiger partial charge in [-0.05, 0) is 55.9 Å². The molecule has 0 aromatic heterocycles. The number of imide groups is 1. The molecular weight excluding hydrogens is 418 g/mol. The van der Waals surface area contributed by atoms with Crippen LogP contribution >= 0.6 is 0 Å². The number of benzene rings is 5. The largest absolute Gasteiger partial charge is 0.271 e. The van der Waals surface area contributed by atoms with Gasteiger partial charge in [0.1, 0.15) is 0 Å². The quantitative estimate of drug-likeness (QED) is 0.204. The third kappa shape index (κ3) is 2.83. The molecule has 2 amide bonds. The third-order valence-electron chi connectivity index (χ3n) is 7.37. The maximum atomic E-state index is 14.0. The Labute approximate surface area is 199 Å². The van der Waals surface area contributed by atoms with E-state index in [9.17, 15) is 9.59 Å². The highest BCUT2D eigenvalue weighted by Gasteiger charge is 2.42. The lowest BCUT2D eigenvalue weighted by molar-refractivity contribution is 0.0568. The lowest BCUT2D eigenvalue weighted by atomic mass is 9.87. The molecule has 0 spiro atoms. The van der Waals surface area contributed by atoms with Crippen molar-refractivity contribution in [2.75, 3.05) is 0 Å². The molecule has 0 bridgehead atoms. The van der Waals surface area contributed by atoms with E-state index in [1.54, 1.807) is 4.90 Å². The lowest BCUT2D eigenvalue weighted by Crippen LogP contribution is -2.39. The average Bonchev–Trinajstić information content (AvgIpc) is 3.13. The number of fused-ring (bicyclic) bond motifs is 10. The summed E-state index contributed by atoms with van der Waals surface area (Å²) in [6, 6.07) is 24.8. The second-order valence-electron chi connectivity index (χ2n) is 9.38. The van der Waals surface area contributed by atoms with E-state index in [4.69, 9.17) is 0 Å². The summed E-state index contributed by atoms with van der Waals surface area (Å²) in [5.74, 6) is -0.274. The van der Waals surface area contributed by atoms with Gasteiger partial charge in [0.05, 0.1) is 11.1 Å². The fourth-order valence-electron chi connectivity index (χ4n) is 5.95. The van der Waals surface area contributed by atoms with Crippen molar-refractivity contribution in [1.29, 1.82) is 0 Å². The van der Waals surface area contributed by atoms with E-state index in [2.05, 4.69) is 50.2 Å². The minimum absolute atomic E-state index is 0.0617. The molecule has 3 heteroatoms. The molecule has 1 aliphatic rings. The second kappa shape index (κ2) is 7.95. The van der Waals surface area contributed by atoms with E-state index in [0.29, 0.717) is 11.1 Å². The number of hydrogen-bond acceptors (Lipinski definition) is 2. The third-order valence-corrected chi connectivity index (χ3v) is 7.37. The van der Waals surface area contributed by atoms with Gasteiger partial charge in [-0.1, -0.05) is 99.5 Å². The molecule has 0 atom stereocenters. The molecule has 0 saturated carbocycles. The molecule has 34 heavy (non-hydrogen) atoms. The van der Waals surface area contributed by atoms with Crippen LogP contribution in [0, 0.1) is 0 Å². The highest BCUT2D eigenvalue weighted by molar-refractivity contribution is 6.39. The van der Waals surface area contributed by atoms with Crippen LogP contribution in [0.25, 0.3) is 43.1 Å². The molecule has 0 radical (unpaired) electrons. The highest BCUT2D eigenvalue weighted by Crippen LogP contribution is 2.44. The Morgan fingerprint density at radius 1 is 0.588 bits per heavy atom. The van der Waals surface area contributed by atoms with Crippen LogP contribution in [0.4, 0.5) is 0 Å². The van der Waals surface area contributed by atoms with Gasteiger partial charge >= 0.3 is 0 Å². The lowest BCUT2D eigenvalue weighted by Gasteiger charge is -2.25. The predicted octanol–water partition coefficient (Wildman–Crippen LogP) is 7.86. The van der Waals surface area contributed by atoms with Gasteiger partial charge in [-0.3, -0.25) is 14.5 Å². The molecule has 5 aromatic carbocycles. The van der Waals surface area contributed by atoms with E-state index in [1.165, 1.54) is 0 Å². The Balaban J connectivity index is 1.80. The van der Waals surface area contributed by atoms with Gasteiger partial charge < -0.3 is 0 Å². The van der Waals surface area contributed by atoms with E-state index >= 15 is 0 Å². The minimum Gasteiger partial charge on any atom is -0.271 e.